The Bertz CT molecular complexity index is 375. The first-order chi connectivity index (χ1) is 7.89. The van der Waals surface area contributed by atoms with E-state index in [4.69, 9.17) is 5.73 Å². The van der Waals surface area contributed by atoms with Gasteiger partial charge < -0.3 is 5.73 Å². The van der Waals surface area contributed by atoms with Gasteiger partial charge in [0.2, 0.25) is 0 Å². The molecular weight excluding hydrogens is 208 g/mol. The number of nitrogens with two attached hydrogens (primary N) is 1. The van der Waals surface area contributed by atoms with Crippen LogP contribution >= 0.6 is 0 Å². The molecule has 2 rings (SSSR count). The normalized spacial score (nSPS) is 26.4. The maximum atomic E-state index is 6.29. The molecule has 1 fully saturated rings. The molecule has 0 aromatic heterocycles. The van der Waals surface area contributed by atoms with E-state index in [-0.39, 0.29) is 11.6 Å². The molecule has 2 N–H and O–H groups in total. The molecule has 0 bridgehead atoms. The molecule has 1 aliphatic rings. The molecule has 0 spiro atoms. The second-order valence-corrected chi connectivity index (χ2v) is 6.17. The topological polar surface area (TPSA) is 29.3 Å². The molecule has 1 heterocycles. The summed E-state index contributed by atoms with van der Waals surface area (Å²) in [7, 11) is 0. The summed E-state index contributed by atoms with van der Waals surface area (Å²) in [5.41, 5.74) is 9.14. The van der Waals surface area contributed by atoms with Crippen molar-refractivity contribution in [2.45, 2.75) is 51.7 Å². The van der Waals surface area contributed by atoms with E-state index < -0.39 is 0 Å². The third-order valence-electron chi connectivity index (χ3n) is 3.73. The number of nitrogens with zero attached hydrogens (tertiary/aromatic N) is 1. The summed E-state index contributed by atoms with van der Waals surface area (Å²) in [6, 6.07) is 9.45. The van der Waals surface area contributed by atoms with E-state index in [2.05, 4.69) is 56.9 Å². The van der Waals surface area contributed by atoms with E-state index in [0.29, 0.717) is 6.04 Å². The van der Waals surface area contributed by atoms with Gasteiger partial charge in [0.05, 0.1) is 6.04 Å². The summed E-state index contributed by atoms with van der Waals surface area (Å²) in [5.74, 6) is 0. The standard InChI is InChI=1S/C15H24N2/c1-11-5-7-12(8-6-11)14-13(16)9-10-17(14)15(2,3)4/h5-8,13-14H,9-10,16H2,1-4H3. The van der Waals surface area contributed by atoms with Gasteiger partial charge in [0.1, 0.15) is 0 Å². The molecule has 1 saturated heterocycles. The van der Waals surface area contributed by atoms with Crippen LogP contribution in [0.5, 0.6) is 0 Å². The molecular formula is C15H24N2. The van der Waals surface area contributed by atoms with Gasteiger partial charge in [0.25, 0.3) is 0 Å². The zero-order chi connectivity index (χ0) is 12.6. The third-order valence-corrected chi connectivity index (χ3v) is 3.73. The van der Waals surface area contributed by atoms with Crippen LogP contribution < -0.4 is 5.73 Å². The average Bonchev–Trinajstić information content (AvgIpc) is 2.61. The monoisotopic (exact) mass is 232 g/mol. The quantitative estimate of drug-likeness (QED) is 0.806. The van der Waals surface area contributed by atoms with E-state index in [1.807, 2.05) is 0 Å². The number of hydrogen-bond donors (Lipinski definition) is 1. The van der Waals surface area contributed by atoms with Crippen LogP contribution in [0.3, 0.4) is 0 Å². The molecule has 0 saturated carbocycles. The number of rotatable bonds is 1. The van der Waals surface area contributed by atoms with Crippen LogP contribution in [0.1, 0.15) is 44.4 Å². The lowest BCUT2D eigenvalue weighted by Crippen LogP contribution is -2.43. The first kappa shape index (κ1) is 12.6. The van der Waals surface area contributed by atoms with Gasteiger partial charge in [-0.25, -0.2) is 0 Å². The lowest BCUT2D eigenvalue weighted by Gasteiger charge is -2.38. The summed E-state index contributed by atoms with van der Waals surface area (Å²) in [4.78, 5) is 2.53. The highest BCUT2D eigenvalue weighted by atomic mass is 15.3. The molecule has 0 radical (unpaired) electrons. The fraction of sp³-hybridized carbons (Fsp3) is 0.600. The number of benzene rings is 1. The fourth-order valence-electron chi connectivity index (χ4n) is 2.76. The Balaban J connectivity index is 2.31. The van der Waals surface area contributed by atoms with Crippen LogP contribution in [0.15, 0.2) is 24.3 Å². The summed E-state index contributed by atoms with van der Waals surface area (Å²) in [6.45, 7) is 10.0. The fourth-order valence-corrected chi connectivity index (χ4v) is 2.76. The lowest BCUT2D eigenvalue weighted by molar-refractivity contribution is 0.117. The number of aryl methyl sites for hydroxylation is 1. The van der Waals surface area contributed by atoms with Crippen molar-refractivity contribution in [1.82, 2.24) is 4.90 Å². The van der Waals surface area contributed by atoms with E-state index in [9.17, 15) is 0 Å². The van der Waals surface area contributed by atoms with E-state index in [1.54, 1.807) is 0 Å². The summed E-state index contributed by atoms with van der Waals surface area (Å²) in [5, 5.41) is 0. The highest BCUT2D eigenvalue weighted by Crippen LogP contribution is 2.36. The lowest BCUT2D eigenvalue weighted by atomic mass is 9.96. The molecule has 2 atom stereocenters. The van der Waals surface area contributed by atoms with Crippen molar-refractivity contribution >= 4 is 0 Å². The SMILES string of the molecule is Cc1ccc(C2C(N)CCN2C(C)(C)C)cc1. The van der Waals surface area contributed by atoms with Crippen molar-refractivity contribution in [1.29, 1.82) is 0 Å². The zero-order valence-electron chi connectivity index (χ0n) is 11.4. The van der Waals surface area contributed by atoms with E-state index >= 15 is 0 Å². The second kappa shape index (κ2) is 4.43. The van der Waals surface area contributed by atoms with Crippen LogP contribution in [0, 0.1) is 6.92 Å². The van der Waals surface area contributed by atoms with Crippen LogP contribution in [0.4, 0.5) is 0 Å². The Morgan fingerprint density at radius 2 is 1.76 bits per heavy atom. The largest absolute Gasteiger partial charge is 0.326 e. The Labute approximate surface area is 105 Å². The number of hydrogen-bond acceptors (Lipinski definition) is 2. The van der Waals surface area contributed by atoms with Gasteiger partial charge >= 0.3 is 0 Å². The Morgan fingerprint density at radius 1 is 1.18 bits per heavy atom. The first-order valence-corrected chi connectivity index (χ1v) is 6.48. The van der Waals surface area contributed by atoms with Crippen molar-refractivity contribution in [2.24, 2.45) is 5.73 Å². The average molecular weight is 232 g/mol. The molecule has 2 nitrogen and oxygen atoms in total. The molecule has 94 valence electrons. The van der Waals surface area contributed by atoms with Crippen molar-refractivity contribution in [2.75, 3.05) is 6.54 Å². The second-order valence-electron chi connectivity index (χ2n) is 6.17. The predicted octanol–water partition coefficient (Wildman–Crippen LogP) is 2.87. The van der Waals surface area contributed by atoms with E-state index in [1.165, 1.54) is 11.1 Å². The molecule has 1 aromatic carbocycles. The molecule has 17 heavy (non-hydrogen) atoms. The minimum atomic E-state index is 0.184. The Hall–Kier alpha value is -0.860. The van der Waals surface area contributed by atoms with Gasteiger partial charge in [-0.15, -0.1) is 0 Å². The molecule has 2 heteroatoms. The summed E-state index contributed by atoms with van der Waals surface area (Å²) in [6.07, 6.45) is 1.09. The van der Waals surface area contributed by atoms with Gasteiger partial charge in [-0.3, -0.25) is 4.90 Å². The van der Waals surface area contributed by atoms with Crippen LogP contribution in [0.25, 0.3) is 0 Å². The smallest absolute Gasteiger partial charge is 0.0504 e. The highest BCUT2D eigenvalue weighted by Gasteiger charge is 2.38. The highest BCUT2D eigenvalue weighted by molar-refractivity contribution is 5.26. The molecule has 1 aliphatic heterocycles. The Kier molecular flexibility index (Phi) is 3.28. The maximum absolute atomic E-state index is 6.29. The van der Waals surface area contributed by atoms with Gasteiger partial charge in [-0.1, -0.05) is 29.8 Å². The molecule has 0 aliphatic carbocycles. The predicted molar refractivity (Wildman–Crippen MR) is 73.0 cm³/mol. The van der Waals surface area contributed by atoms with Crippen LogP contribution in [-0.4, -0.2) is 23.0 Å². The summed E-state index contributed by atoms with van der Waals surface area (Å²) >= 11 is 0. The van der Waals surface area contributed by atoms with Gasteiger partial charge in [0.15, 0.2) is 0 Å². The first-order valence-electron chi connectivity index (χ1n) is 6.48. The summed E-state index contributed by atoms with van der Waals surface area (Å²) < 4.78 is 0. The van der Waals surface area contributed by atoms with Crippen molar-refractivity contribution in [3.05, 3.63) is 35.4 Å². The molecule has 0 amide bonds. The van der Waals surface area contributed by atoms with E-state index in [0.717, 1.165) is 13.0 Å². The van der Waals surface area contributed by atoms with Crippen LogP contribution in [0.2, 0.25) is 0 Å². The number of likely N-dealkylation sites (tertiary alicyclic amines) is 1. The van der Waals surface area contributed by atoms with Crippen LogP contribution in [-0.2, 0) is 0 Å². The minimum absolute atomic E-state index is 0.184. The zero-order valence-corrected chi connectivity index (χ0v) is 11.4. The minimum Gasteiger partial charge on any atom is -0.326 e. The van der Waals surface area contributed by atoms with Gasteiger partial charge in [-0.2, -0.15) is 0 Å². The van der Waals surface area contributed by atoms with Gasteiger partial charge in [0, 0.05) is 18.1 Å². The molecule has 2 unspecified atom stereocenters. The molecule has 1 aromatic rings. The van der Waals surface area contributed by atoms with Crippen molar-refractivity contribution in [3.8, 4) is 0 Å². The third kappa shape index (κ3) is 2.53. The van der Waals surface area contributed by atoms with Gasteiger partial charge in [-0.05, 0) is 39.7 Å². The van der Waals surface area contributed by atoms with Crippen molar-refractivity contribution in [3.63, 3.8) is 0 Å². The Morgan fingerprint density at radius 3 is 2.29 bits per heavy atom. The van der Waals surface area contributed by atoms with Crippen molar-refractivity contribution < 1.29 is 0 Å². The maximum Gasteiger partial charge on any atom is 0.0504 e.